The molecule has 0 spiro atoms. The first kappa shape index (κ1) is 14.1. The van der Waals surface area contributed by atoms with E-state index in [9.17, 15) is 0 Å². The van der Waals surface area contributed by atoms with Crippen LogP contribution in [0.1, 0.15) is 68.2 Å². The van der Waals surface area contributed by atoms with Crippen molar-refractivity contribution in [2.45, 2.75) is 64.7 Å². The van der Waals surface area contributed by atoms with Crippen molar-refractivity contribution in [2.75, 3.05) is 6.54 Å². The van der Waals surface area contributed by atoms with Crippen LogP contribution in [0.5, 0.6) is 0 Å². The molecule has 110 valence electrons. The highest BCUT2D eigenvalue weighted by Crippen LogP contribution is 2.35. The molecule has 1 aliphatic carbocycles. The van der Waals surface area contributed by atoms with Crippen molar-refractivity contribution in [1.29, 1.82) is 0 Å². The third-order valence-electron chi connectivity index (χ3n) is 4.90. The minimum atomic E-state index is 0.531. The Morgan fingerprint density at radius 1 is 1.10 bits per heavy atom. The van der Waals surface area contributed by atoms with E-state index in [1.165, 1.54) is 55.2 Å². The summed E-state index contributed by atoms with van der Waals surface area (Å²) in [5.74, 6) is 0.804. The Balaban J connectivity index is 1.81. The maximum atomic E-state index is 5.55. The van der Waals surface area contributed by atoms with E-state index in [0.717, 1.165) is 25.7 Å². The molecule has 1 saturated carbocycles. The van der Waals surface area contributed by atoms with Gasteiger partial charge < -0.3 is 10.1 Å². The summed E-state index contributed by atoms with van der Waals surface area (Å²) in [5, 5.41) is 3.75. The van der Waals surface area contributed by atoms with Gasteiger partial charge in [0.2, 0.25) is 0 Å². The Bertz CT molecular complexity index is 435. The molecular weight excluding hydrogens is 246 g/mol. The second-order valence-corrected chi connectivity index (χ2v) is 6.31. The lowest BCUT2D eigenvalue weighted by atomic mass is 9.86. The maximum Gasteiger partial charge on any atom is 0.0725 e. The van der Waals surface area contributed by atoms with Gasteiger partial charge in [0.15, 0.2) is 0 Å². The average molecular weight is 273 g/mol. The summed E-state index contributed by atoms with van der Waals surface area (Å²) in [6.45, 7) is 4.87. The quantitative estimate of drug-likeness (QED) is 0.824. The average Bonchev–Trinajstić information content (AvgIpc) is 2.77. The van der Waals surface area contributed by atoms with Crippen LogP contribution < -0.4 is 5.32 Å². The van der Waals surface area contributed by atoms with Gasteiger partial charge in [-0.2, -0.15) is 0 Å². The smallest absolute Gasteiger partial charge is 0.0725 e. The Labute approximate surface area is 122 Å². The van der Waals surface area contributed by atoms with Gasteiger partial charge >= 0.3 is 0 Å². The van der Waals surface area contributed by atoms with Gasteiger partial charge in [-0.1, -0.05) is 50.8 Å². The fourth-order valence-electron chi connectivity index (χ4n) is 3.81. The Kier molecular flexibility index (Phi) is 4.74. The van der Waals surface area contributed by atoms with Crippen molar-refractivity contribution in [3.63, 3.8) is 0 Å². The van der Waals surface area contributed by atoms with E-state index >= 15 is 0 Å². The van der Waals surface area contributed by atoms with E-state index in [0.29, 0.717) is 6.04 Å². The third kappa shape index (κ3) is 3.07. The van der Waals surface area contributed by atoms with Gasteiger partial charge in [-0.05, 0) is 42.0 Å². The molecule has 1 aliphatic heterocycles. The van der Waals surface area contributed by atoms with Crippen LogP contribution in [0, 0.1) is 5.92 Å². The van der Waals surface area contributed by atoms with E-state index in [4.69, 9.17) is 4.74 Å². The van der Waals surface area contributed by atoms with Gasteiger partial charge in [-0.25, -0.2) is 0 Å². The molecule has 1 aromatic carbocycles. The van der Waals surface area contributed by atoms with Gasteiger partial charge in [0.25, 0.3) is 0 Å². The van der Waals surface area contributed by atoms with Crippen LogP contribution in [0.2, 0.25) is 0 Å². The Morgan fingerprint density at radius 3 is 2.60 bits per heavy atom. The highest BCUT2D eigenvalue weighted by Gasteiger charge is 2.24. The fourth-order valence-corrected chi connectivity index (χ4v) is 3.81. The number of benzene rings is 1. The van der Waals surface area contributed by atoms with Gasteiger partial charge in [0.05, 0.1) is 13.2 Å². The first-order valence-electron chi connectivity index (χ1n) is 8.31. The SMILES string of the molecule is CCNC(c1ccc2c(c1)COC2)C1CCCCCC1. The molecule has 0 bridgehead atoms. The summed E-state index contributed by atoms with van der Waals surface area (Å²) in [4.78, 5) is 0. The summed E-state index contributed by atoms with van der Waals surface area (Å²) < 4.78 is 5.55. The van der Waals surface area contributed by atoms with E-state index in [1.807, 2.05) is 0 Å². The number of hydrogen-bond acceptors (Lipinski definition) is 2. The van der Waals surface area contributed by atoms with Crippen molar-refractivity contribution in [3.8, 4) is 0 Å². The van der Waals surface area contributed by atoms with Gasteiger partial charge in [-0.3, -0.25) is 0 Å². The second kappa shape index (κ2) is 6.73. The standard InChI is InChI=1S/C18H27NO/c1-2-19-18(14-7-5-3-4-6-8-14)15-9-10-16-12-20-13-17(16)11-15/h9-11,14,18-19H,2-8,12-13H2,1H3. The van der Waals surface area contributed by atoms with Crippen LogP contribution in [-0.2, 0) is 18.0 Å². The van der Waals surface area contributed by atoms with E-state index in [1.54, 1.807) is 0 Å². The molecule has 2 aliphatic rings. The van der Waals surface area contributed by atoms with Crippen LogP contribution in [-0.4, -0.2) is 6.54 Å². The van der Waals surface area contributed by atoms with Crippen LogP contribution in [0.3, 0.4) is 0 Å². The summed E-state index contributed by atoms with van der Waals surface area (Å²) >= 11 is 0. The van der Waals surface area contributed by atoms with E-state index in [-0.39, 0.29) is 0 Å². The second-order valence-electron chi connectivity index (χ2n) is 6.31. The highest BCUT2D eigenvalue weighted by molar-refractivity contribution is 5.35. The molecule has 1 atom stereocenters. The maximum absolute atomic E-state index is 5.55. The molecule has 0 saturated heterocycles. The number of hydrogen-bond donors (Lipinski definition) is 1. The highest BCUT2D eigenvalue weighted by atomic mass is 16.5. The predicted octanol–water partition coefficient (Wildman–Crippen LogP) is 4.34. The van der Waals surface area contributed by atoms with Crippen molar-refractivity contribution in [1.82, 2.24) is 5.32 Å². The summed E-state index contributed by atoms with van der Waals surface area (Å²) in [5.41, 5.74) is 4.26. The van der Waals surface area contributed by atoms with Gasteiger partial charge in [0.1, 0.15) is 0 Å². The van der Waals surface area contributed by atoms with E-state index in [2.05, 4.69) is 30.4 Å². The van der Waals surface area contributed by atoms with Crippen molar-refractivity contribution >= 4 is 0 Å². The number of nitrogens with one attached hydrogen (secondary N) is 1. The molecular formula is C18H27NO. The lowest BCUT2D eigenvalue weighted by Gasteiger charge is -2.28. The summed E-state index contributed by atoms with van der Waals surface area (Å²) in [6, 6.07) is 7.52. The van der Waals surface area contributed by atoms with Crippen LogP contribution in [0.4, 0.5) is 0 Å². The number of fused-ring (bicyclic) bond motifs is 1. The molecule has 1 N–H and O–H groups in total. The Morgan fingerprint density at radius 2 is 1.85 bits per heavy atom. The lowest BCUT2D eigenvalue weighted by Crippen LogP contribution is -2.28. The molecule has 1 fully saturated rings. The molecule has 0 aromatic heterocycles. The molecule has 3 rings (SSSR count). The normalized spacial score (nSPS) is 21.4. The zero-order valence-corrected chi connectivity index (χ0v) is 12.7. The largest absolute Gasteiger partial charge is 0.372 e. The molecule has 0 amide bonds. The zero-order chi connectivity index (χ0) is 13.8. The van der Waals surface area contributed by atoms with Crippen LogP contribution in [0.25, 0.3) is 0 Å². The lowest BCUT2D eigenvalue weighted by molar-refractivity contribution is 0.134. The summed E-state index contributed by atoms with van der Waals surface area (Å²) in [6.07, 6.45) is 8.42. The molecule has 1 unspecified atom stereocenters. The first-order valence-corrected chi connectivity index (χ1v) is 8.31. The molecule has 2 nitrogen and oxygen atoms in total. The Hall–Kier alpha value is -0.860. The molecule has 1 heterocycles. The van der Waals surface area contributed by atoms with E-state index < -0.39 is 0 Å². The zero-order valence-electron chi connectivity index (χ0n) is 12.7. The van der Waals surface area contributed by atoms with Crippen molar-refractivity contribution < 1.29 is 4.74 Å². The molecule has 1 aromatic rings. The number of rotatable bonds is 4. The number of ether oxygens (including phenoxy) is 1. The molecule has 2 heteroatoms. The molecule has 0 radical (unpaired) electrons. The van der Waals surface area contributed by atoms with Crippen molar-refractivity contribution in [2.24, 2.45) is 5.92 Å². The third-order valence-corrected chi connectivity index (χ3v) is 4.90. The van der Waals surface area contributed by atoms with Crippen LogP contribution >= 0.6 is 0 Å². The van der Waals surface area contributed by atoms with Gasteiger partial charge in [0, 0.05) is 6.04 Å². The molecule has 20 heavy (non-hydrogen) atoms. The topological polar surface area (TPSA) is 21.3 Å². The predicted molar refractivity (Wildman–Crippen MR) is 82.5 cm³/mol. The first-order chi connectivity index (χ1) is 9.88. The minimum Gasteiger partial charge on any atom is -0.372 e. The fraction of sp³-hybridized carbons (Fsp3) is 0.667. The van der Waals surface area contributed by atoms with Crippen molar-refractivity contribution in [3.05, 3.63) is 34.9 Å². The monoisotopic (exact) mass is 273 g/mol. The van der Waals surface area contributed by atoms with Gasteiger partial charge in [-0.15, -0.1) is 0 Å². The van der Waals surface area contributed by atoms with Crippen LogP contribution in [0.15, 0.2) is 18.2 Å². The minimum absolute atomic E-state index is 0.531. The summed E-state index contributed by atoms with van der Waals surface area (Å²) in [7, 11) is 0.